The van der Waals surface area contributed by atoms with E-state index in [0.29, 0.717) is 10.0 Å². The Labute approximate surface area is 200 Å². The minimum atomic E-state index is -4.16. The quantitative estimate of drug-likeness (QED) is 0.443. The third-order valence-electron chi connectivity index (χ3n) is 4.57. The highest BCUT2D eigenvalue weighted by Crippen LogP contribution is 2.25. The van der Waals surface area contributed by atoms with Crippen molar-refractivity contribution in [2.45, 2.75) is 18.0 Å². The Balaban J connectivity index is 1.85. The predicted molar refractivity (Wildman–Crippen MR) is 124 cm³/mol. The second-order valence-electron chi connectivity index (χ2n) is 6.83. The Kier molecular flexibility index (Phi) is 8.14. The first kappa shape index (κ1) is 24.5. The van der Waals surface area contributed by atoms with E-state index in [1.807, 2.05) is 0 Å². The molecule has 0 atom stereocenters. The largest absolute Gasteiger partial charge is 0.351 e. The summed E-state index contributed by atoms with van der Waals surface area (Å²) in [4.78, 5) is 12.5. The smallest absolute Gasteiger partial charge is 0.243 e. The Morgan fingerprint density at radius 2 is 1.50 bits per heavy atom. The van der Waals surface area contributed by atoms with Gasteiger partial charge in [-0.05, 0) is 54.1 Å². The Hall–Kier alpha value is -2.16. The molecule has 5 nitrogen and oxygen atoms in total. The molecule has 0 saturated heterocycles. The van der Waals surface area contributed by atoms with Gasteiger partial charge in [-0.15, -0.1) is 0 Å². The fourth-order valence-corrected chi connectivity index (χ4v) is 4.70. The summed E-state index contributed by atoms with van der Waals surface area (Å²) < 4.78 is 41.7. The van der Waals surface area contributed by atoms with Gasteiger partial charge in [0.25, 0.3) is 0 Å². The SMILES string of the molecule is O=C(CN(Cc1c(F)cccc1Cl)S(=O)(=O)c1ccc(Cl)cc1)NCc1ccc(Cl)cc1. The van der Waals surface area contributed by atoms with Crippen LogP contribution in [0.25, 0.3) is 0 Å². The Bertz CT molecular complexity index is 1180. The average molecular weight is 516 g/mol. The third-order valence-corrected chi connectivity index (χ3v) is 7.23. The number of nitrogens with one attached hydrogen (secondary N) is 1. The van der Waals surface area contributed by atoms with E-state index in [4.69, 9.17) is 34.8 Å². The Morgan fingerprint density at radius 1 is 0.906 bits per heavy atom. The molecular formula is C22H18Cl3FN2O3S. The first-order valence-corrected chi connectivity index (χ1v) is 11.9. The fraction of sp³-hybridized carbons (Fsp3) is 0.136. The summed E-state index contributed by atoms with van der Waals surface area (Å²) in [5.74, 6) is -1.24. The van der Waals surface area contributed by atoms with Gasteiger partial charge in [0, 0.05) is 33.7 Å². The molecule has 0 aliphatic rings. The van der Waals surface area contributed by atoms with Gasteiger partial charge in [-0.1, -0.05) is 53.0 Å². The Morgan fingerprint density at radius 3 is 2.09 bits per heavy atom. The van der Waals surface area contributed by atoms with Crippen molar-refractivity contribution >= 4 is 50.7 Å². The van der Waals surface area contributed by atoms with E-state index in [2.05, 4.69) is 5.32 Å². The summed E-state index contributed by atoms with van der Waals surface area (Å²) in [6, 6.07) is 16.4. The highest BCUT2D eigenvalue weighted by atomic mass is 35.5. The second-order valence-corrected chi connectivity index (χ2v) is 10.0. The summed E-state index contributed by atoms with van der Waals surface area (Å²) in [6.45, 7) is -0.792. The first-order valence-electron chi connectivity index (χ1n) is 9.36. The zero-order valence-electron chi connectivity index (χ0n) is 16.6. The molecule has 0 unspecified atom stereocenters. The van der Waals surface area contributed by atoms with Gasteiger partial charge in [-0.2, -0.15) is 4.31 Å². The first-order chi connectivity index (χ1) is 15.2. The number of sulfonamides is 1. The van der Waals surface area contributed by atoms with E-state index in [-0.39, 0.29) is 22.0 Å². The number of carbonyl (C=O) groups is 1. The van der Waals surface area contributed by atoms with E-state index in [1.54, 1.807) is 24.3 Å². The van der Waals surface area contributed by atoms with Gasteiger partial charge in [0.1, 0.15) is 5.82 Å². The van der Waals surface area contributed by atoms with Crippen LogP contribution in [0, 0.1) is 5.82 Å². The van der Waals surface area contributed by atoms with Crippen molar-refractivity contribution in [3.8, 4) is 0 Å². The van der Waals surface area contributed by atoms with Gasteiger partial charge in [0.15, 0.2) is 0 Å². The molecule has 3 aromatic carbocycles. The molecule has 3 rings (SSSR count). The number of amides is 1. The highest BCUT2D eigenvalue weighted by molar-refractivity contribution is 7.89. The van der Waals surface area contributed by atoms with Crippen LogP contribution < -0.4 is 5.32 Å². The maximum atomic E-state index is 14.4. The number of hydrogen-bond donors (Lipinski definition) is 1. The minimum absolute atomic E-state index is 0.0304. The minimum Gasteiger partial charge on any atom is -0.351 e. The van der Waals surface area contributed by atoms with Crippen LogP contribution in [0.15, 0.2) is 71.6 Å². The number of carbonyl (C=O) groups excluding carboxylic acids is 1. The molecule has 0 bridgehead atoms. The summed E-state index contributed by atoms with van der Waals surface area (Å²) in [5, 5.41) is 3.63. The van der Waals surface area contributed by atoms with Crippen molar-refractivity contribution in [2.75, 3.05) is 6.54 Å². The lowest BCUT2D eigenvalue weighted by molar-refractivity contribution is -0.121. The molecule has 10 heteroatoms. The molecule has 0 fully saturated rings. The molecule has 0 heterocycles. The van der Waals surface area contributed by atoms with Gasteiger partial charge < -0.3 is 5.32 Å². The van der Waals surface area contributed by atoms with E-state index in [1.165, 1.54) is 42.5 Å². The maximum absolute atomic E-state index is 14.4. The summed E-state index contributed by atoms with van der Waals surface area (Å²) in [7, 11) is -4.16. The lowest BCUT2D eigenvalue weighted by Gasteiger charge is -2.23. The topological polar surface area (TPSA) is 66.5 Å². The lowest BCUT2D eigenvalue weighted by Crippen LogP contribution is -2.40. The molecular weight excluding hydrogens is 498 g/mol. The van der Waals surface area contributed by atoms with Crippen molar-refractivity contribution < 1.29 is 17.6 Å². The fourth-order valence-electron chi connectivity index (χ4n) is 2.86. The molecule has 0 aliphatic carbocycles. The van der Waals surface area contributed by atoms with Gasteiger partial charge in [0.05, 0.1) is 11.4 Å². The van der Waals surface area contributed by atoms with Crippen LogP contribution >= 0.6 is 34.8 Å². The average Bonchev–Trinajstić information content (AvgIpc) is 2.75. The molecule has 168 valence electrons. The molecule has 0 spiro atoms. The molecule has 1 amide bonds. The molecule has 0 saturated carbocycles. The molecule has 0 aliphatic heterocycles. The monoisotopic (exact) mass is 514 g/mol. The normalized spacial score (nSPS) is 11.5. The van der Waals surface area contributed by atoms with Crippen LogP contribution in [-0.4, -0.2) is 25.2 Å². The molecule has 32 heavy (non-hydrogen) atoms. The molecule has 1 N–H and O–H groups in total. The van der Waals surface area contributed by atoms with Gasteiger partial charge in [0.2, 0.25) is 15.9 Å². The van der Waals surface area contributed by atoms with Crippen LogP contribution in [-0.2, 0) is 27.9 Å². The third kappa shape index (κ3) is 6.21. The van der Waals surface area contributed by atoms with Crippen molar-refractivity contribution in [1.29, 1.82) is 0 Å². The zero-order chi connectivity index (χ0) is 23.3. The van der Waals surface area contributed by atoms with E-state index in [0.717, 1.165) is 9.87 Å². The number of nitrogens with zero attached hydrogens (tertiary/aromatic N) is 1. The second kappa shape index (κ2) is 10.6. The number of halogens is 4. The highest BCUT2D eigenvalue weighted by Gasteiger charge is 2.28. The van der Waals surface area contributed by atoms with Crippen LogP contribution in [0.3, 0.4) is 0 Å². The molecule has 0 radical (unpaired) electrons. The van der Waals surface area contributed by atoms with Gasteiger partial charge >= 0.3 is 0 Å². The van der Waals surface area contributed by atoms with Crippen molar-refractivity contribution in [3.05, 3.63) is 98.7 Å². The van der Waals surface area contributed by atoms with E-state index < -0.39 is 34.8 Å². The van der Waals surface area contributed by atoms with Crippen molar-refractivity contribution in [1.82, 2.24) is 9.62 Å². The van der Waals surface area contributed by atoms with Crippen LogP contribution in [0.4, 0.5) is 4.39 Å². The van der Waals surface area contributed by atoms with E-state index in [9.17, 15) is 17.6 Å². The predicted octanol–water partition coefficient (Wildman–Crippen LogP) is 5.29. The molecule has 3 aromatic rings. The standard InChI is InChI=1S/C22H18Cl3FN2O3S/c23-16-6-4-15(5-7-16)12-27-22(29)14-28(13-19-20(25)2-1-3-21(19)26)32(30,31)18-10-8-17(24)9-11-18/h1-11H,12-14H2,(H,27,29). The summed E-state index contributed by atoms with van der Waals surface area (Å²) in [5.41, 5.74) is 0.754. The van der Waals surface area contributed by atoms with Crippen LogP contribution in [0.5, 0.6) is 0 Å². The summed E-state index contributed by atoms with van der Waals surface area (Å²) >= 11 is 17.8. The van der Waals surface area contributed by atoms with Gasteiger partial charge in [-0.3, -0.25) is 4.79 Å². The lowest BCUT2D eigenvalue weighted by atomic mass is 10.2. The number of rotatable bonds is 8. The number of benzene rings is 3. The van der Waals surface area contributed by atoms with Gasteiger partial charge in [-0.25, -0.2) is 12.8 Å². The van der Waals surface area contributed by atoms with E-state index >= 15 is 0 Å². The maximum Gasteiger partial charge on any atom is 0.243 e. The summed E-state index contributed by atoms with van der Waals surface area (Å²) in [6.07, 6.45) is 0. The van der Waals surface area contributed by atoms with Crippen molar-refractivity contribution in [3.63, 3.8) is 0 Å². The van der Waals surface area contributed by atoms with Crippen LogP contribution in [0.2, 0.25) is 15.1 Å². The van der Waals surface area contributed by atoms with Crippen LogP contribution in [0.1, 0.15) is 11.1 Å². The zero-order valence-corrected chi connectivity index (χ0v) is 19.6. The number of hydrogen-bond acceptors (Lipinski definition) is 3. The van der Waals surface area contributed by atoms with Crippen molar-refractivity contribution in [2.24, 2.45) is 0 Å². The molecule has 0 aromatic heterocycles.